The molecule has 1 aromatic carbocycles. The van der Waals surface area contributed by atoms with Gasteiger partial charge in [0, 0.05) is 13.0 Å². The van der Waals surface area contributed by atoms with Gasteiger partial charge in [-0.1, -0.05) is 18.2 Å². The van der Waals surface area contributed by atoms with Gasteiger partial charge in [0.15, 0.2) is 11.3 Å². The first-order valence-electron chi connectivity index (χ1n) is 8.17. The molecule has 8 heteroatoms. The van der Waals surface area contributed by atoms with Crippen molar-refractivity contribution in [1.82, 2.24) is 14.8 Å². The Morgan fingerprint density at radius 2 is 2.00 bits per heavy atom. The summed E-state index contributed by atoms with van der Waals surface area (Å²) in [6.07, 6.45) is -0.259. The first-order chi connectivity index (χ1) is 12.4. The van der Waals surface area contributed by atoms with Gasteiger partial charge in [0.2, 0.25) is 0 Å². The molecule has 4 rings (SSSR count). The molecule has 0 aliphatic carbocycles. The molecule has 0 bridgehead atoms. The van der Waals surface area contributed by atoms with Crippen LogP contribution >= 0.6 is 0 Å². The molecular formula is C18H16F2N4O2. The maximum Gasteiger partial charge on any atom is 0.354 e. The Morgan fingerprint density at radius 3 is 2.62 bits per heavy atom. The van der Waals surface area contributed by atoms with Crippen LogP contribution in [-0.2, 0) is 0 Å². The molecule has 0 saturated carbocycles. The zero-order valence-electron chi connectivity index (χ0n) is 14.0. The van der Waals surface area contributed by atoms with Crippen molar-refractivity contribution < 1.29 is 18.7 Å². The van der Waals surface area contributed by atoms with Crippen molar-refractivity contribution in [3.05, 3.63) is 47.8 Å². The lowest BCUT2D eigenvalue weighted by atomic mass is 10.2. The minimum absolute atomic E-state index is 0.154. The lowest BCUT2D eigenvalue weighted by Crippen LogP contribution is -2.25. The third kappa shape index (κ3) is 2.67. The molecule has 6 nitrogen and oxygen atoms in total. The van der Waals surface area contributed by atoms with E-state index in [0.717, 1.165) is 5.69 Å². The Hall–Kier alpha value is -3.03. The van der Waals surface area contributed by atoms with Gasteiger partial charge in [-0.2, -0.15) is 5.10 Å². The molecule has 3 aromatic rings. The Kier molecular flexibility index (Phi) is 3.64. The number of carboxylic acid groups (broad SMARTS) is 1. The van der Waals surface area contributed by atoms with Crippen LogP contribution in [0.25, 0.3) is 16.7 Å². The maximum atomic E-state index is 13.7. The number of aromatic carboxylic acids is 1. The molecule has 0 spiro atoms. The van der Waals surface area contributed by atoms with Crippen LogP contribution in [0.3, 0.4) is 0 Å². The number of carbonyl (C=O) groups is 1. The van der Waals surface area contributed by atoms with Crippen molar-refractivity contribution in [2.45, 2.75) is 19.3 Å². The molecule has 2 aromatic heterocycles. The zero-order valence-corrected chi connectivity index (χ0v) is 14.0. The molecule has 1 aliphatic heterocycles. The smallest absolute Gasteiger partial charge is 0.354 e. The number of aryl methyl sites for hydroxylation is 1. The van der Waals surface area contributed by atoms with Gasteiger partial charge in [0.1, 0.15) is 0 Å². The second-order valence-corrected chi connectivity index (χ2v) is 6.39. The molecule has 1 N–H and O–H groups in total. The molecule has 26 heavy (non-hydrogen) atoms. The number of carboxylic acids is 1. The summed E-state index contributed by atoms with van der Waals surface area (Å²) < 4.78 is 29.0. The van der Waals surface area contributed by atoms with E-state index in [2.05, 4.69) is 10.1 Å². The van der Waals surface area contributed by atoms with Crippen molar-refractivity contribution >= 4 is 22.7 Å². The van der Waals surface area contributed by atoms with Gasteiger partial charge in [-0.25, -0.2) is 23.2 Å². The normalized spacial score (nSPS) is 16.3. The van der Waals surface area contributed by atoms with Crippen LogP contribution in [0, 0.1) is 6.92 Å². The fourth-order valence-electron chi connectivity index (χ4n) is 3.32. The van der Waals surface area contributed by atoms with E-state index < -0.39 is 18.4 Å². The summed E-state index contributed by atoms with van der Waals surface area (Å²) in [6.45, 7) is 1.48. The Balaban J connectivity index is 1.97. The molecule has 3 heterocycles. The van der Waals surface area contributed by atoms with Crippen LogP contribution in [0.4, 0.5) is 14.5 Å². The number of rotatable bonds is 3. The van der Waals surface area contributed by atoms with Gasteiger partial charge in [0.05, 0.1) is 29.0 Å². The van der Waals surface area contributed by atoms with Gasteiger partial charge >= 0.3 is 5.97 Å². The number of anilines is 1. The molecule has 0 unspecified atom stereocenters. The summed E-state index contributed by atoms with van der Waals surface area (Å²) >= 11 is 0. The van der Waals surface area contributed by atoms with Crippen LogP contribution in [0.2, 0.25) is 0 Å². The number of alkyl halides is 2. The average molecular weight is 358 g/mol. The monoisotopic (exact) mass is 358 g/mol. The number of hydrogen-bond donors (Lipinski definition) is 1. The second kappa shape index (κ2) is 5.76. The predicted octanol–water partition coefficient (Wildman–Crippen LogP) is 3.27. The van der Waals surface area contributed by atoms with Crippen LogP contribution < -0.4 is 4.90 Å². The first-order valence-corrected chi connectivity index (χ1v) is 8.17. The Labute approximate surface area is 147 Å². The van der Waals surface area contributed by atoms with E-state index in [9.17, 15) is 18.7 Å². The third-order valence-corrected chi connectivity index (χ3v) is 4.52. The highest BCUT2D eigenvalue weighted by Gasteiger charge is 2.39. The van der Waals surface area contributed by atoms with Crippen molar-refractivity contribution in [2.75, 3.05) is 18.0 Å². The number of halogens is 2. The molecule has 0 amide bonds. The first kappa shape index (κ1) is 16.4. The van der Waals surface area contributed by atoms with Crippen molar-refractivity contribution in [1.29, 1.82) is 0 Å². The predicted molar refractivity (Wildman–Crippen MR) is 92.3 cm³/mol. The van der Waals surface area contributed by atoms with Gasteiger partial charge in [-0.3, -0.25) is 0 Å². The highest BCUT2D eigenvalue weighted by molar-refractivity contribution is 5.98. The van der Waals surface area contributed by atoms with E-state index >= 15 is 0 Å². The molecule has 1 saturated heterocycles. The Morgan fingerprint density at radius 1 is 1.27 bits per heavy atom. The Bertz CT molecular complexity index is 1000. The number of benzene rings is 1. The lowest BCUT2D eigenvalue weighted by Gasteiger charge is -2.20. The molecular weight excluding hydrogens is 342 g/mol. The highest BCUT2D eigenvalue weighted by Crippen LogP contribution is 2.36. The summed E-state index contributed by atoms with van der Waals surface area (Å²) in [7, 11) is 0. The molecule has 0 atom stereocenters. The van der Waals surface area contributed by atoms with E-state index in [1.165, 1.54) is 11.0 Å². The lowest BCUT2D eigenvalue weighted by molar-refractivity contribution is 0.0257. The SMILES string of the molecule is Cc1nn(-c2ccccc2)c2nc(C(=O)O)cc(N3CCC(F)(F)C3)c12. The van der Waals surface area contributed by atoms with Crippen LogP contribution in [-0.4, -0.2) is 44.9 Å². The summed E-state index contributed by atoms with van der Waals surface area (Å²) in [6, 6.07) is 10.5. The number of hydrogen-bond acceptors (Lipinski definition) is 4. The zero-order chi connectivity index (χ0) is 18.5. The number of para-hydroxylation sites is 1. The van der Waals surface area contributed by atoms with Gasteiger partial charge < -0.3 is 10.0 Å². The quantitative estimate of drug-likeness (QED) is 0.778. The van der Waals surface area contributed by atoms with Gasteiger partial charge in [0.25, 0.3) is 5.92 Å². The molecule has 0 radical (unpaired) electrons. The van der Waals surface area contributed by atoms with Crippen molar-refractivity contribution in [3.63, 3.8) is 0 Å². The molecule has 1 fully saturated rings. The molecule has 1 aliphatic rings. The second-order valence-electron chi connectivity index (χ2n) is 6.39. The maximum absolute atomic E-state index is 13.7. The van der Waals surface area contributed by atoms with E-state index in [4.69, 9.17) is 0 Å². The molecule has 134 valence electrons. The minimum atomic E-state index is -2.79. The summed E-state index contributed by atoms with van der Waals surface area (Å²) in [4.78, 5) is 17.3. The van der Waals surface area contributed by atoms with E-state index in [0.29, 0.717) is 22.4 Å². The fraction of sp³-hybridized carbons (Fsp3) is 0.278. The van der Waals surface area contributed by atoms with Crippen LogP contribution in [0.1, 0.15) is 22.6 Å². The summed E-state index contributed by atoms with van der Waals surface area (Å²) in [5.41, 5.74) is 1.92. The third-order valence-electron chi connectivity index (χ3n) is 4.52. The standard InChI is InChI=1S/C18H16F2N4O2/c1-11-15-14(23-8-7-18(19,20)10-23)9-13(17(25)26)21-16(15)24(22-11)12-5-3-2-4-6-12/h2-6,9H,7-8,10H2,1H3,(H,25,26). The number of fused-ring (bicyclic) bond motifs is 1. The van der Waals surface area contributed by atoms with E-state index in [1.54, 1.807) is 11.6 Å². The topological polar surface area (TPSA) is 71.2 Å². The van der Waals surface area contributed by atoms with E-state index in [1.807, 2.05) is 30.3 Å². The highest BCUT2D eigenvalue weighted by atomic mass is 19.3. The van der Waals surface area contributed by atoms with Crippen LogP contribution in [0.15, 0.2) is 36.4 Å². The summed E-state index contributed by atoms with van der Waals surface area (Å²) in [5.74, 6) is -4.00. The minimum Gasteiger partial charge on any atom is -0.477 e. The van der Waals surface area contributed by atoms with Gasteiger partial charge in [-0.05, 0) is 25.1 Å². The largest absolute Gasteiger partial charge is 0.477 e. The van der Waals surface area contributed by atoms with Crippen molar-refractivity contribution in [2.24, 2.45) is 0 Å². The van der Waals surface area contributed by atoms with Crippen LogP contribution in [0.5, 0.6) is 0 Å². The number of nitrogens with zero attached hydrogens (tertiary/aromatic N) is 4. The van der Waals surface area contributed by atoms with E-state index in [-0.39, 0.29) is 18.7 Å². The summed E-state index contributed by atoms with van der Waals surface area (Å²) in [5, 5.41) is 14.5. The number of aromatic nitrogens is 3. The average Bonchev–Trinajstić information content (AvgIpc) is 3.15. The van der Waals surface area contributed by atoms with Gasteiger partial charge in [-0.15, -0.1) is 0 Å². The number of pyridine rings is 1. The fourth-order valence-corrected chi connectivity index (χ4v) is 3.32. The van der Waals surface area contributed by atoms with Crippen molar-refractivity contribution in [3.8, 4) is 5.69 Å².